The molecule has 0 radical (unpaired) electrons. The summed E-state index contributed by atoms with van der Waals surface area (Å²) >= 11 is 6.29. The standard InChI is InChI=1S/C23H21ClN2O5/c24-19-11-16(12-20-23(19)31-10-9-30-20)13-22(28)26(14-18-7-4-8-29-18)15-21(27)25-17-5-2-1-3-6-17/h1-8,11-12H,9-10,13-15H2,(H,25,27). The van der Waals surface area contributed by atoms with Gasteiger partial charge in [0.2, 0.25) is 11.8 Å². The molecule has 3 aromatic rings. The Bertz CT molecular complexity index is 1050. The Kier molecular flexibility index (Phi) is 6.43. The summed E-state index contributed by atoms with van der Waals surface area (Å²) in [6.07, 6.45) is 1.58. The van der Waals surface area contributed by atoms with E-state index in [4.69, 9.17) is 25.5 Å². The van der Waals surface area contributed by atoms with Gasteiger partial charge < -0.3 is 24.1 Å². The van der Waals surface area contributed by atoms with E-state index in [-0.39, 0.29) is 31.3 Å². The van der Waals surface area contributed by atoms with Crippen molar-refractivity contribution < 1.29 is 23.5 Å². The summed E-state index contributed by atoms with van der Waals surface area (Å²) < 4.78 is 16.5. The van der Waals surface area contributed by atoms with Gasteiger partial charge in [-0.3, -0.25) is 9.59 Å². The molecule has 0 unspecified atom stereocenters. The van der Waals surface area contributed by atoms with Gasteiger partial charge in [-0.1, -0.05) is 29.8 Å². The van der Waals surface area contributed by atoms with Gasteiger partial charge in [0.15, 0.2) is 11.5 Å². The summed E-state index contributed by atoms with van der Waals surface area (Å²) in [4.78, 5) is 27.1. The third-order valence-electron chi connectivity index (χ3n) is 4.68. The van der Waals surface area contributed by atoms with Crippen molar-refractivity contribution in [2.45, 2.75) is 13.0 Å². The Morgan fingerprint density at radius 2 is 1.84 bits per heavy atom. The lowest BCUT2D eigenvalue weighted by molar-refractivity contribution is -0.134. The number of anilines is 1. The number of ether oxygens (including phenoxy) is 2. The lowest BCUT2D eigenvalue weighted by Gasteiger charge is -2.23. The second-order valence-electron chi connectivity index (χ2n) is 7.02. The topological polar surface area (TPSA) is 81.0 Å². The molecule has 0 bridgehead atoms. The van der Waals surface area contributed by atoms with Crippen LogP contribution >= 0.6 is 11.6 Å². The number of benzene rings is 2. The fourth-order valence-corrected chi connectivity index (χ4v) is 3.56. The maximum atomic E-state index is 13.1. The van der Waals surface area contributed by atoms with Gasteiger partial charge in [-0.05, 0) is 42.0 Å². The first kappa shape index (κ1) is 20.8. The molecule has 31 heavy (non-hydrogen) atoms. The first-order valence-electron chi connectivity index (χ1n) is 9.81. The summed E-state index contributed by atoms with van der Waals surface area (Å²) in [5, 5.41) is 3.19. The molecule has 1 aromatic heterocycles. The van der Waals surface area contributed by atoms with Gasteiger partial charge in [0, 0.05) is 5.69 Å². The normalized spacial score (nSPS) is 12.3. The number of hydrogen-bond acceptors (Lipinski definition) is 5. The number of rotatable bonds is 7. The molecule has 7 nitrogen and oxygen atoms in total. The largest absolute Gasteiger partial charge is 0.486 e. The fraction of sp³-hybridized carbons (Fsp3) is 0.217. The highest BCUT2D eigenvalue weighted by molar-refractivity contribution is 6.32. The number of carbonyl (C=O) groups is 2. The summed E-state index contributed by atoms with van der Waals surface area (Å²) in [7, 11) is 0. The molecule has 1 aliphatic rings. The lowest BCUT2D eigenvalue weighted by atomic mass is 10.1. The van der Waals surface area contributed by atoms with Crippen LogP contribution < -0.4 is 14.8 Å². The van der Waals surface area contributed by atoms with Crippen LogP contribution in [0.4, 0.5) is 5.69 Å². The van der Waals surface area contributed by atoms with Gasteiger partial charge in [0.1, 0.15) is 25.5 Å². The van der Waals surface area contributed by atoms with Gasteiger partial charge in [-0.25, -0.2) is 0 Å². The molecule has 2 amide bonds. The molecular formula is C23H21ClN2O5. The second kappa shape index (κ2) is 9.57. The first-order valence-corrected chi connectivity index (χ1v) is 10.2. The van der Waals surface area contributed by atoms with E-state index < -0.39 is 0 Å². The smallest absolute Gasteiger partial charge is 0.244 e. The van der Waals surface area contributed by atoms with Crippen LogP contribution in [0.3, 0.4) is 0 Å². The second-order valence-corrected chi connectivity index (χ2v) is 7.43. The molecule has 0 saturated carbocycles. The maximum Gasteiger partial charge on any atom is 0.244 e. The van der Waals surface area contributed by atoms with Gasteiger partial charge in [-0.2, -0.15) is 0 Å². The molecule has 0 atom stereocenters. The van der Waals surface area contributed by atoms with E-state index in [2.05, 4.69) is 5.32 Å². The molecule has 0 saturated heterocycles. The summed E-state index contributed by atoms with van der Waals surface area (Å²) in [6.45, 7) is 0.905. The zero-order valence-corrected chi connectivity index (χ0v) is 17.4. The van der Waals surface area contributed by atoms with E-state index in [1.807, 2.05) is 18.2 Å². The van der Waals surface area contributed by atoms with Crippen LogP contribution in [0, 0.1) is 0 Å². The van der Waals surface area contributed by atoms with Crippen LogP contribution in [-0.2, 0) is 22.6 Å². The van der Waals surface area contributed by atoms with Gasteiger partial charge in [-0.15, -0.1) is 0 Å². The average molecular weight is 441 g/mol. The number of hydrogen-bond donors (Lipinski definition) is 1. The zero-order valence-electron chi connectivity index (χ0n) is 16.7. The minimum atomic E-state index is -0.300. The van der Waals surface area contributed by atoms with Gasteiger partial charge >= 0.3 is 0 Å². The first-order chi connectivity index (χ1) is 15.1. The van der Waals surface area contributed by atoms with Crippen molar-refractivity contribution >= 4 is 29.1 Å². The molecule has 2 aromatic carbocycles. The van der Waals surface area contributed by atoms with E-state index in [9.17, 15) is 9.59 Å². The Hall–Kier alpha value is -3.45. The van der Waals surface area contributed by atoms with Crippen molar-refractivity contribution in [1.29, 1.82) is 0 Å². The highest BCUT2D eigenvalue weighted by Gasteiger charge is 2.22. The third-order valence-corrected chi connectivity index (χ3v) is 4.96. The summed E-state index contributed by atoms with van der Waals surface area (Å²) in [6, 6.07) is 16.0. The lowest BCUT2D eigenvalue weighted by Crippen LogP contribution is -2.38. The number of furan rings is 1. The van der Waals surface area contributed by atoms with E-state index >= 15 is 0 Å². The van der Waals surface area contributed by atoms with E-state index in [0.717, 1.165) is 0 Å². The Balaban J connectivity index is 1.48. The predicted octanol–water partition coefficient (Wildman–Crippen LogP) is 3.91. The Morgan fingerprint density at radius 3 is 2.61 bits per heavy atom. The molecule has 160 valence electrons. The summed E-state index contributed by atoms with van der Waals surface area (Å²) in [5.41, 5.74) is 1.34. The van der Waals surface area contributed by atoms with Crippen molar-refractivity contribution in [3.8, 4) is 11.5 Å². The van der Waals surface area contributed by atoms with E-state index in [1.54, 1.807) is 36.4 Å². The molecule has 1 N–H and O–H groups in total. The number of carbonyl (C=O) groups excluding carboxylic acids is 2. The number of nitrogens with one attached hydrogen (secondary N) is 1. The van der Waals surface area contributed by atoms with E-state index in [1.165, 1.54) is 11.2 Å². The fourth-order valence-electron chi connectivity index (χ4n) is 3.27. The van der Waals surface area contributed by atoms with E-state index in [0.29, 0.717) is 46.7 Å². The Labute approximate surface area is 184 Å². The highest BCUT2D eigenvalue weighted by atomic mass is 35.5. The van der Waals surface area contributed by atoms with Crippen LogP contribution in [0.15, 0.2) is 65.3 Å². The van der Waals surface area contributed by atoms with Crippen molar-refractivity contribution in [1.82, 2.24) is 4.90 Å². The molecule has 1 aliphatic heterocycles. The van der Waals surface area contributed by atoms with Crippen molar-refractivity contribution in [2.75, 3.05) is 25.1 Å². The number of para-hydroxylation sites is 1. The van der Waals surface area contributed by atoms with Gasteiger partial charge in [0.25, 0.3) is 0 Å². The minimum Gasteiger partial charge on any atom is -0.486 e. The Morgan fingerprint density at radius 1 is 1.03 bits per heavy atom. The number of halogens is 1. The van der Waals surface area contributed by atoms with Crippen molar-refractivity contribution in [3.63, 3.8) is 0 Å². The molecular weight excluding hydrogens is 420 g/mol. The molecule has 0 fully saturated rings. The quantitative estimate of drug-likeness (QED) is 0.602. The van der Waals surface area contributed by atoms with Crippen LogP contribution in [-0.4, -0.2) is 36.5 Å². The van der Waals surface area contributed by atoms with Gasteiger partial charge in [0.05, 0.1) is 24.3 Å². The minimum absolute atomic E-state index is 0.0513. The molecule has 2 heterocycles. The number of fused-ring (bicyclic) bond motifs is 1. The zero-order chi connectivity index (χ0) is 21.6. The third kappa shape index (κ3) is 5.38. The average Bonchev–Trinajstić information content (AvgIpc) is 3.27. The maximum absolute atomic E-state index is 13.1. The van der Waals surface area contributed by atoms with Crippen LogP contribution in [0.2, 0.25) is 5.02 Å². The number of amides is 2. The van der Waals surface area contributed by atoms with Crippen LogP contribution in [0.1, 0.15) is 11.3 Å². The van der Waals surface area contributed by atoms with Crippen LogP contribution in [0.5, 0.6) is 11.5 Å². The van der Waals surface area contributed by atoms with Crippen LogP contribution in [0.25, 0.3) is 0 Å². The molecule has 8 heteroatoms. The highest BCUT2D eigenvalue weighted by Crippen LogP contribution is 2.38. The van der Waals surface area contributed by atoms with Crippen molar-refractivity contribution in [3.05, 3.63) is 77.2 Å². The number of nitrogens with zero attached hydrogens (tertiary/aromatic N) is 1. The monoisotopic (exact) mass is 440 g/mol. The molecule has 0 aliphatic carbocycles. The molecule has 0 spiro atoms. The SMILES string of the molecule is O=C(CN(Cc1ccco1)C(=O)Cc1cc(Cl)c2c(c1)OCCO2)Nc1ccccc1. The van der Waals surface area contributed by atoms with Crippen molar-refractivity contribution in [2.24, 2.45) is 0 Å². The predicted molar refractivity (Wildman–Crippen MR) is 115 cm³/mol. The summed E-state index contributed by atoms with van der Waals surface area (Å²) in [5.74, 6) is 1.04. The molecule has 4 rings (SSSR count).